The maximum absolute atomic E-state index is 13.9. The lowest BCUT2D eigenvalue weighted by atomic mass is 10.2. The Labute approximate surface area is 138 Å². The third-order valence-electron chi connectivity index (χ3n) is 4.19. The van der Waals surface area contributed by atoms with Gasteiger partial charge in [0.15, 0.2) is 17.5 Å². The van der Waals surface area contributed by atoms with Gasteiger partial charge < -0.3 is 4.74 Å². The number of rotatable bonds is 6. The Kier molecular flexibility index (Phi) is 3.76. The molecule has 0 radical (unpaired) electrons. The molecule has 1 aliphatic rings. The fourth-order valence-electron chi connectivity index (χ4n) is 2.68. The monoisotopic (exact) mass is 327 g/mol. The van der Waals surface area contributed by atoms with Crippen LogP contribution in [0.4, 0.5) is 4.39 Å². The first-order valence-corrected chi connectivity index (χ1v) is 7.99. The SMILES string of the molecule is COc1ccc(Cn2nc(CC3CC3)nc2-c2[nH]ncc2F)cc1. The second-order valence-corrected chi connectivity index (χ2v) is 6.10. The highest BCUT2D eigenvalue weighted by Crippen LogP contribution is 2.32. The van der Waals surface area contributed by atoms with Crippen molar-refractivity contribution < 1.29 is 9.13 Å². The van der Waals surface area contributed by atoms with Gasteiger partial charge in [-0.15, -0.1) is 0 Å². The first kappa shape index (κ1) is 14.9. The molecular weight excluding hydrogens is 309 g/mol. The summed E-state index contributed by atoms with van der Waals surface area (Å²) in [7, 11) is 1.63. The quantitative estimate of drug-likeness (QED) is 0.756. The highest BCUT2D eigenvalue weighted by Gasteiger charge is 2.25. The number of methoxy groups -OCH3 is 1. The van der Waals surface area contributed by atoms with Crippen molar-refractivity contribution in [3.05, 3.63) is 47.7 Å². The molecule has 0 atom stereocenters. The smallest absolute Gasteiger partial charge is 0.179 e. The first-order chi connectivity index (χ1) is 11.7. The van der Waals surface area contributed by atoms with E-state index in [1.54, 1.807) is 11.8 Å². The summed E-state index contributed by atoms with van der Waals surface area (Å²) in [4.78, 5) is 4.54. The van der Waals surface area contributed by atoms with Crippen LogP contribution in [0.15, 0.2) is 30.5 Å². The predicted octanol–water partition coefficient (Wildman–Crippen LogP) is 2.82. The van der Waals surface area contributed by atoms with Gasteiger partial charge in [-0.1, -0.05) is 12.1 Å². The van der Waals surface area contributed by atoms with Crippen LogP contribution in [0.25, 0.3) is 11.5 Å². The van der Waals surface area contributed by atoms with E-state index in [-0.39, 0.29) is 5.69 Å². The summed E-state index contributed by atoms with van der Waals surface area (Å²) in [6.45, 7) is 0.509. The van der Waals surface area contributed by atoms with Gasteiger partial charge in [-0.3, -0.25) is 5.10 Å². The van der Waals surface area contributed by atoms with Crippen LogP contribution in [0, 0.1) is 11.7 Å². The van der Waals surface area contributed by atoms with Gasteiger partial charge in [-0.25, -0.2) is 14.1 Å². The van der Waals surface area contributed by atoms with Crippen molar-refractivity contribution >= 4 is 0 Å². The molecule has 7 heteroatoms. The van der Waals surface area contributed by atoms with Crippen LogP contribution < -0.4 is 4.74 Å². The van der Waals surface area contributed by atoms with E-state index in [0.29, 0.717) is 18.3 Å². The van der Waals surface area contributed by atoms with Crippen LogP contribution in [-0.4, -0.2) is 32.1 Å². The van der Waals surface area contributed by atoms with Crippen molar-refractivity contribution in [1.29, 1.82) is 0 Å². The fourth-order valence-corrected chi connectivity index (χ4v) is 2.68. The molecule has 0 saturated heterocycles. The van der Waals surface area contributed by atoms with Gasteiger partial charge in [0.05, 0.1) is 19.9 Å². The van der Waals surface area contributed by atoms with Crippen LogP contribution in [-0.2, 0) is 13.0 Å². The Morgan fingerprint density at radius 3 is 2.71 bits per heavy atom. The van der Waals surface area contributed by atoms with Crippen LogP contribution >= 0.6 is 0 Å². The molecule has 1 aliphatic carbocycles. The molecular formula is C17H18FN5O. The van der Waals surface area contributed by atoms with Gasteiger partial charge in [0, 0.05) is 6.42 Å². The Bertz CT molecular complexity index is 835. The third-order valence-corrected chi connectivity index (χ3v) is 4.19. The number of hydrogen-bond donors (Lipinski definition) is 1. The highest BCUT2D eigenvalue weighted by atomic mass is 19.1. The van der Waals surface area contributed by atoms with Crippen molar-refractivity contribution in [3.63, 3.8) is 0 Å². The van der Waals surface area contributed by atoms with Crippen molar-refractivity contribution in [1.82, 2.24) is 25.0 Å². The number of halogens is 1. The first-order valence-electron chi connectivity index (χ1n) is 7.99. The molecule has 0 bridgehead atoms. The number of H-pyrrole nitrogens is 1. The number of ether oxygens (including phenoxy) is 1. The van der Waals surface area contributed by atoms with Crippen LogP contribution in [0.1, 0.15) is 24.2 Å². The molecule has 1 fully saturated rings. The Morgan fingerprint density at radius 1 is 1.29 bits per heavy atom. The molecule has 24 heavy (non-hydrogen) atoms. The Morgan fingerprint density at radius 2 is 2.08 bits per heavy atom. The Hall–Kier alpha value is -2.70. The normalized spacial score (nSPS) is 14.1. The van der Waals surface area contributed by atoms with E-state index < -0.39 is 5.82 Å². The van der Waals surface area contributed by atoms with Gasteiger partial charge in [-0.2, -0.15) is 10.2 Å². The van der Waals surface area contributed by atoms with E-state index in [2.05, 4.69) is 20.3 Å². The van der Waals surface area contributed by atoms with Crippen molar-refractivity contribution in [2.45, 2.75) is 25.8 Å². The van der Waals surface area contributed by atoms with E-state index in [1.807, 2.05) is 24.3 Å². The van der Waals surface area contributed by atoms with E-state index in [9.17, 15) is 4.39 Å². The largest absolute Gasteiger partial charge is 0.497 e. The molecule has 0 aliphatic heterocycles. The average Bonchev–Trinajstić information content (AvgIpc) is 3.17. The van der Waals surface area contributed by atoms with Crippen LogP contribution in [0.2, 0.25) is 0 Å². The van der Waals surface area contributed by atoms with Gasteiger partial charge in [-0.05, 0) is 36.5 Å². The fraction of sp³-hybridized carbons (Fsp3) is 0.353. The maximum Gasteiger partial charge on any atom is 0.179 e. The number of aromatic nitrogens is 5. The minimum atomic E-state index is -0.420. The van der Waals surface area contributed by atoms with Gasteiger partial charge in [0.1, 0.15) is 11.4 Å². The molecule has 1 aromatic carbocycles. The predicted molar refractivity (Wildman–Crippen MR) is 86.1 cm³/mol. The molecule has 2 aromatic heterocycles. The van der Waals surface area contributed by atoms with Crippen molar-refractivity contribution in [2.24, 2.45) is 5.92 Å². The second-order valence-electron chi connectivity index (χ2n) is 6.10. The number of hydrogen-bond acceptors (Lipinski definition) is 4. The zero-order valence-corrected chi connectivity index (χ0v) is 13.4. The highest BCUT2D eigenvalue weighted by molar-refractivity contribution is 5.49. The lowest BCUT2D eigenvalue weighted by Crippen LogP contribution is -2.05. The molecule has 0 spiro atoms. The summed E-state index contributed by atoms with van der Waals surface area (Å²) < 4.78 is 20.9. The van der Waals surface area contributed by atoms with E-state index >= 15 is 0 Å². The molecule has 1 N–H and O–H groups in total. The standard InChI is InChI=1S/C17H18FN5O/c1-24-13-6-4-12(5-7-13)10-23-17(16-14(18)9-19-21-16)20-15(22-23)8-11-2-3-11/h4-7,9,11H,2-3,8,10H2,1H3,(H,19,21). The lowest BCUT2D eigenvalue weighted by molar-refractivity contribution is 0.414. The minimum Gasteiger partial charge on any atom is -0.497 e. The van der Waals surface area contributed by atoms with Gasteiger partial charge >= 0.3 is 0 Å². The summed E-state index contributed by atoms with van der Waals surface area (Å²) in [5.41, 5.74) is 1.32. The Balaban J connectivity index is 1.66. The molecule has 3 aromatic rings. The molecule has 0 unspecified atom stereocenters. The summed E-state index contributed by atoms with van der Waals surface area (Å²) in [5.74, 6) is 2.29. The number of nitrogens with zero attached hydrogens (tertiary/aromatic N) is 4. The topological polar surface area (TPSA) is 68.6 Å². The number of benzene rings is 1. The molecule has 124 valence electrons. The molecule has 4 rings (SSSR count). The zero-order chi connectivity index (χ0) is 16.5. The molecule has 1 saturated carbocycles. The van der Waals surface area contributed by atoms with Crippen molar-refractivity contribution in [2.75, 3.05) is 7.11 Å². The van der Waals surface area contributed by atoms with Gasteiger partial charge in [0.25, 0.3) is 0 Å². The zero-order valence-electron chi connectivity index (χ0n) is 13.4. The van der Waals surface area contributed by atoms with Crippen LogP contribution in [0.5, 0.6) is 5.75 Å². The summed E-state index contributed by atoms with van der Waals surface area (Å²) in [5, 5.41) is 11.0. The van der Waals surface area contributed by atoms with Crippen LogP contribution in [0.3, 0.4) is 0 Å². The summed E-state index contributed by atoms with van der Waals surface area (Å²) >= 11 is 0. The number of nitrogens with one attached hydrogen (secondary N) is 1. The lowest BCUT2D eigenvalue weighted by Gasteiger charge is -2.06. The maximum atomic E-state index is 13.9. The van der Waals surface area contributed by atoms with Gasteiger partial charge in [0.2, 0.25) is 0 Å². The molecule has 2 heterocycles. The average molecular weight is 327 g/mol. The van der Waals surface area contributed by atoms with Crippen molar-refractivity contribution in [3.8, 4) is 17.3 Å². The number of aromatic amines is 1. The summed E-state index contributed by atoms with van der Waals surface area (Å²) in [6, 6.07) is 7.73. The molecule has 0 amide bonds. The van der Waals surface area contributed by atoms with E-state index in [4.69, 9.17) is 4.74 Å². The minimum absolute atomic E-state index is 0.276. The second kappa shape index (κ2) is 6.07. The third kappa shape index (κ3) is 3.02. The van der Waals surface area contributed by atoms with E-state index in [1.165, 1.54) is 12.8 Å². The van der Waals surface area contributed by atoms with E-state index in [0.717, 1.165) is 29.8 Å². The summed E-state index contributed by atoms with van der Waals surface area (Å²) in [6.07, 6.45) is 4.45. The molecule has 6 nitrogen and oxygen atoms in total.